The number of urea groups is 1. The van der Waals surface area contributed by atoms with E-state index in [-0.39, 0.29) is 12.1 Å². The molecule has 0 aliphatic carbocycles. The van der Waals surface area contributed by atoms with Crippen molar-refractivity contribution in [2.24, 2.45) is 0 Å². The first-order valence-corrected chi connectivity index (χ1v) is 11.9. The van der Waals surface area contributed by atoms with Crippen LogP contribution in [0.4, 0.5) is 10.5 Å². The molecule has 1 aromatic heterocycles. The molecule has 0 saturated carbocycles. The van der Waals surface area contributed by atoms with Crippen LogP contribution in [0.3, 0.4) is 0 Å². The van der Waals surface area contributed by atoms with Crippen LogP contribution in [0.15, 0.2) is 85.1 Å². The maximum Gasteiger partial charge on any atom is 0.322 e. The van der Waals surface area contributed by atoms with Gasteiger partial charge in [-0.15, -0.1) is 0 Å². The molecule has 4 aromatic rings. The zero-order valence-electron chi connectivity index (χ0n) is 20.2. The van der Waals surface area contributed by atoms with Crippen molar-refractivity contribution in [2.75, 3.05) is 5.32 Å². The lowest BCUT2D eigenvalue weighted by Crippen LogP contribution is -2.38. The van der Waals surface area contributed by atoms with Crippen LogP contribution in [-0.2, 0) is 6.54 Å². The Bertz CT molecular complexity index is 1330. The Kier molecular flexibility index (Phi) is 5.74. The molecule has 2 amide bonds. The predicted octanol–water partition coefficient (Wildman–Crippen LogP) is 7.35. The van der Waals surface area contributed by atoms with E-state index in [9.17, 15) is 4.79 Å². The Morgan fingerprint density at radius 1 is 0.941 bits per heavy atom. The number of amides is 2. The molecule has 5 rings (SSSR count). The first kappa shape index (κ1) is 22.0. The molecule has 1 aliphatic heterocycles. The Morgan fingerprint density at radius 2 is 1.71 bits per heavy atom. The molecule has 2 heterocycles. The third-order valence-corrected chi connectivity index (χ3v) is 6.78. The smallest absolute Gasteiger partial charge is 0.318 e. The van der Waals surface area contributed by atoms with Gasteiger partial charge in [-0.05, 0) is 71.8 Å². The number of hydrogen-bond donors (Lipinski definition) is 1. The Hall–Kier alpha value is -3.79. The summed E-state index contributed by atoms with van der Waals surface area (Å²) in [7, 11) is 0. The summed E-state index contributed by atoms with van der Waals surface area (Å²) in [6.07, 6.45) is 2.09. The molecule has 1 atom stereocenters. The highest BCUT2D eigenvalue weighted by Gasteiger charge is 2.33. The van der Waals surface area contributed by atoms with Crippen molar-refractivity contribution in [3.05, 3.63) is 119 Å². The zero-order chi connectivity index (χ0) is 23.8. The maximum absolute atomic E-state index is 13.9. The van der Waals surface area contributed by atoms with Crippen molar-refractivity contribution >= 4 is 11.7 Å². The summed E-state index contributed by atoms with van der Waals surface area (Å²) in [5.41, 5.74) is 8.75. The van der Waals surface area contributed by atoms with Crippen LogP contribution in [0.1, 0.15) is 59.3 Å². The fourth-order valence-corrected chi connectivity index (χ4v) is 4.81. The Balaban J connectivity index is 1.62. The normalized spacial score (nSPS) is 15.0. The number of aromatic nitrogens is 1. The van der Waals surface area contributed by atoms with Crippen LogP contribution < -0.4 is 5.32 Å². The molecule has 1 aliphatic rings. The summed E-state index contributed by atoms with van der Waals surface area (Å²) in [5, 5.41) is 3.21. The highest BCUT2D eigenvalue weighted by atomic mass is 16.2. The number of para-hydroxylation sites is 1. The Labute approximate surface area is 201 Å². The highest BCUT2D eigenvalue weighted by molar-refractivity contribution is 5.91. The van der Waals surface area contributed by atoms with E-state index in [1.165, 1.54) is 5.56 Å². The van der Waals surface area contributed by atoms with Crippen LogP contribution >= 0.6 is 0 Å². The van der Waals surface area contributed by atoms with E-state index >= 15 is 0 Å². The maximum atomic E-state index is 13.9. The van der Waals surface area contributed by atoms with Crippen LogP contribution in [0.2, 0.25) is 0 Å². The highest BCUT2D eigenvalue weighted by Crippen LogP contribution is 2.37. The minimum Gasteiger partial charge on any atom is -0.318 e. The minimum absolute atomic E-state index is 0.101. The number of benzene rings is 3. The fourth-order valence-electron chi connectivity index (χ4n) is 4.81. The van der Waals surface area contributed by atoms with E-state index in [0.29, 0.717) is 12.5 Å². The van der Waals surface area contributed by atoms with Crippen molar-refractivity contribution < 1.29 is 4.79 Å². The number of fused-ring (bicyclic) bond motifs is 3. The molecule has 0 radical (unpaired) electrons. The van der Waals surface area contributed by atoms with E-state index in [0.717, 1.165) is 39.3 Å². The van der Waals surface area contributed by atoms with E-state index in [4.69, 9.17) is 0 Å². The predicted molar refractivity (Wildman–Crippen MR) is 139 cm³/mol. The summed E-state index contributed by atoms with van der Waals surface area (Å²) in [6.45, 7) is 8.99. The van der Waals surface area contributed by atoms with Gasteiger partial charge in [0.1, 0.15) is 0 Å². The van der Waals surface area contributed by atoms with E-state index in [1.807, 2.05) is 30.9 Å². The van der Waals surface area contributed by atoms with E-state index in [1.54, 1.807) is 0 Å². The molecule has 172 valence electrons. The van der Waals surface area contributed by atoms with Gasteiger partial charge >= 0.3 is 6.03 Å². The molecule has 0 fully saturated rings. The van der Waals surface area contributed by atoms with Gasteiger partial charge in [0.25, 0.3) is 0 Å². The van der Waals surface area contributed by atoms with Gasteiger partial charge in [-0.25, -0.2) is 4.79 Å². The number of hydrogen-bond acceptors (Lipinski definition) is 1. The summed E-state index contributed by atoms with van der Waals surface area (Å²) >= 11 is 0. The van der Waals surface area contributed by atoms with Crippen molar-refractivity contribution in [2.45, 2.75) is 46.2 Å². The molecular weight excluding hydrogens is 418 g/mol. The summed E-state index contributed by atoms with van der Waals surface area (Å²) in [5.74, 6) is 0.458. The summed E-state index contributed by atoms with van der Waals surface area (Å²) < 4.78 is 2.22. The molecule has 4 nitrogen and oxygen atoms in total. The van der Waals surface area contributed by atoms with Gasteiger partial charge in [0.2, 0.25) is 0 Å². The van der Waals surface area contributed by atoms with Crippen LogP contribution in [0, 0.1) is 13.8 Å². The zero-order valence-corrected chi connectivity index (χ0v) is 20.2. The van der Waals surface area contributed by atoms with Gasteiger partial charge in [0, 0.05) is 17.6 Å². The third-order valence-electron chi connectivity index (χ3n) is 6.78. The monoisotopic (exact) mass is 449 g/mol. The number of nitrogens with one attached hydrogen (secondary N) is 1. The van der Waals surface area contributed by atoms with Crippen LogP contribution in [0.25, 0.3) is 5.69 Å². The fraction of sp³-hybridized carbons (Fsp3) is 0.233. The molecule has 0 spiro atoms. The number of anilines is 1. The lowest BCUT2D eigenvalue weighted by Gasteiger charge is -2.31. The largest absolute Gasteiger partial charge is 0.322 e. The number of rotatable bonds is 3. The van der Waals surface area contributed by atoms with Crippen molar-refractivity contribution in [3.63, 3.8) is 0 Å². The van der Waals surface area contributed by atoms with Crippen LogP contribution in [0.5, 0.6) is 0 Å². The number of carbonyl (C=O) groups is 1. The van der Waals surface area contributed by atoms with Crippen molar-refractivity contribution in [3.8, 4) is 5.69 Å². The number of aryl methyl sites for hydroxylation is 2. The Morgan fingerprint density at radius 3 is 2.47 bits per heavy atom. The topological polar surface area (TPSA) is 37.3 Å². The average Bonchev–Trinajstić information content (AvgIpc) is 3.25. The molecule has 3 aromatic carbocycles. The number of carbonyl (C=O) groups excluding carboxylic acids is 1. The second kappa shape index (κ2) is 8.86. The van der Waals surface area contributed by atoms with Gasteiger partial charge in [0.15, 0.2) is 0 Å². The van der Waals surface area contributed by atoms with E-state index in [2.05, 4.69) is 96.7 Å². The first-order chi connectivity index (χ1) is 16.4. The van der Waals surface area contributed by atoms with Gasteiger partial charge in [-0.3, -0.25) is 0 Å². The lowest BCUT2D eigenvalue weighted by molar-refractivity contribution is 0.194. The van der Waals surface area contributed by atoms with Crippen molar-refractivity contribution in [1.29, 1.82) is 0 Å². The summed E-state index contributed by atoms with van der Waals surface area (Å²) in [6, 6.07) is 27.1. The molecule has 34 heavy (non-hydrogen) atoms. The average molecular weight is 450 g/mol. The molecule has 0 unspecified atom stereocenters. The van der Waals surface area contributed by atoms with Gasteiger partial charge in [-0.1, -0.05) is 68.4 Å². The second-order valence-electron chi connectivity index (χ2n) is 9.53. The molecule has 0 bridgehead atoms. The lowest BCUT2D eigenvalue weighted by atomic mass is 9.97. The van der Waals surface area contributed by atoms with Gasteiger partial charge in [-0.2, -0.15) is 0 Å². The van der Waals surface area contributed by atoms with E-state index < -0.39 is 0 Å². The minimum atomic E-state index is -0.214. The van der Waals surface area contributed by atoms with Crippen LogP contribution in [-0.4, -0.2) is 15.5 Å². The van der Waals surface area contributed by atoms with Gasteiger partial charge in [0.05, 0.1) is 18.3 Å². The summed E-state index contributed by atoms with van der Waals surface area (Å²) in [4.78, 5) is 15.9. The molecule has 0 saturated heterocycles. The quantitative estimate of drug-likeness (QED) is 0.349. The molecular formula is C30H31N3O. The SMILES string of the molecule is Cc1ccc(C)c(NC(=O)N2Cc3ccccc3-n3cccc3[C@H]2c2ccc(C(C)C)cc2)c1. The third kappa shape index (κ3) is 4.01. The standard InChI is InChI=1S/C30H31N3O/c1-20(2)23-13-15-24(16-14-23)29-28-10-7-17-32(28)27-9-6-5-8-25(27)19-33(29)30(34)31-26-18-21(3)11-12-22(26)4/h5-18,20,29H,19H2,1-4H3,(H,31,34)/t29-/m1/s1. The molecule has 4 heteroatoms. The van der Waals surface area contributed by atoms with Gasteiger partial charge < -0.3 is 14.8 Å². The molecule has 1 N–H and O–H groups in total. The number of nitrogens with zero attached hydrogens (tertiary/aromatic N) is 2. The second-order valence-corrected chi connectivity index (χ2v) is 9.53. The first-order valence-electron chi connectivity index (χ1n) is 11.9. The van der Waals surface area contributed by atoms with Crippen molar-refractivity contribution in [1.82, 2.24) is 9.47 Å².